The summed E-state index contributed by atoms with van der Waals surface area (Å²) in [5.41, 5.74) is 3.33. The number of rotatable bonds is 4. The lowest BCUT2D eigenvalue weighted by Gasteiger charge is -2.10. The van der Waals surface area contributed by atoms with Gasteiger partial charge in [-0.15, -0.1) is 5.10 Å². The van der Waals surface area contributed by atoms with E-state index >= 15 is 0 Å². The molecule has 0 saturated heterocycles. The fraction of sp³-hybridized carbons (Fsp3) is 0.105. The molecular formula is C19H16N4OS. The standard InChI is InChI=1S/C19H16N4OS/c1-13-20-12-17-23(13)22-19(25-17)18(24)21-11-15-9-5-6-10-16(15)14-7-3-2-4-8-14/h2-10,12H,11H2,1H3,(H,21,24). The summed E-state index contributed by atoms with van der Waals surface area (Å²) >= 11 is 1.34. The van der Waals surface area contributed by atoms with Crippen LogP contribution in [-0.2, 0) is 6.54 Å². The molecule has 0 saturated carbocycles. The molecule has 4 aromatic rings. The van der Waals surface area contributed by atoms with Gasteiger partial charge in [-0.1, -0.05) is 65.9 Å². The van der Waals surface area contributed by atoms with Gasteiger partial charge in [0.15, 0.2) is 0 Å². The van der Waals surface area contributed by atoms with Gasteiger partial charge >= 0.3 is 0 Å². The normalized spacial score (nSPS) is 10.9. The quantitative estimate of drug-likeness (QED) is 0.612. The first-order chi connectivity index (χ1) is 12.2. The Bertz CT molecular complexity index is 1040. The van der Waals surface area contributed by atoms with Gasteiger partial charge in [0.25, 0.3) is 5.91 Å². The first kappa shape index (κ1) is 15.5. The van der Waals surface area contributed by atoms with Gasteiger partial charge in [-0.05, 0) is 23.6 Å². The maximum Gasteiger partial charge on any atom is 0.282 e. The van der Waals surface area contributed by atoms with Crippen molar-refractivity contribution in [3.8, 4) is 11.1 Å². The van der Waals surface area contributed by atoms with Crippen LogP contribution in [-0.4, -0.2) is 20.5 Å². The summed E-state index contributed by atoms with van der Waals surface area (Å²) in [7, 11) is 0. The van der Waals surface area contributed by atoms with Crippen molar-refractivity contribution < 1.29 is 4.79 Å². The van der Waals surface area contributed by atoms with Crippen LogP contribution in [0.3, 0.4) is 0 Å². The van der Waals surface area contributed by atoms with E-state index in [1.807, 2.05) is 43.3 Å². The van der Waals surface area contributed by atoms with Gasteiger partial charge in [-0.25, -0.2) is 9.50 Å². The summed E-state index contributed by atoms with van der Waals surface area (Å²) in [4.78, 5) is 17.5. The van der Waals surface area contributed by atoms with Crippen molar-refractivity contribution in [1.29, 1.82) is 0 Å². The smallest absolute Gasteiger partial charge is 0.282 e. The highest BCUT2D eigenvalue weighted by Gasteiger charge is 2.14. The Morgan fingerprint density at radius 2 is 1.88 bits per heavy atom. The maximum absolute atomic E-state index is 12.4. The molecule has 0 fully saturated rings. The third-order valence-corrected chi connectivity index (χ3v) is 4.95. The predicted octanol–water partition coefficient (Wildman–Crippen LogP) is 3.70. The topological polar surface area (TPSA) is 59.3 Å². The molecule has 1 amide bonds. The average Bonchev–Trinajstić information content (AvgIpc) is 3.23. The Hall–Kier alpha value is -2.99. The zero-order chi connectivity index (χ0) is 17.2. The maximum atomic E-state index is 12.4. The van der Waals surface area contributed by atoms with E-state index in [9.17, 15) is 4.79 Å². The summed E-state index contributed by atoms with van der Waals surface area (Å²) in [5, 5.41) is 7.74. The zero-order valence-corrected chi connectivity index (χ0v) is 14.5. The molecule has 0 aliphatic heterocycles. The molecule has 0 spiro atoms. The van der Waals surface area contributed by atoms with Crippen molar-refractivity contribution in [3.63, 3.8) is 0 Å². The lowest BCUT2D eigenvalue weighted by Crippen LogP contribution is -2.23. The van der Waals surface area contributed by atoms with Gasteiger partial charge in [0.05, 0.1) is 6.20 Å². The van der Waals surface area contributed by atoms with Crippen LogP contribution in [0.1, 0.15) is 21.2 Å². The minimum Gasteiger partial charge on any atom is -0.346 e. The third-order valence-electron chi connectivity index (χ3n) is 4.00. The zero-order valence-electron chi connectivity index (χ0n) is 13.6. The second kappa shape index (κ2) is 6.49. The highest BCUT2D eigenvalue weighted by Crippen LogP contribution is 2.23. The lowest BCUT2D eigenvalue weighted by molar-refractivity contribution is 0.0949. The number of nitrogens with zero attached hydrogens (tertiary/aromatic N) is 3. The second-order valence-electron chi connectivity index (χ2n) is 5.67. The van der Waals surface area contributed by atoms with Crippen LogP contribution in [0.15, 0.2) is 60.8 Å². The molecule has 2 aromatic carbocycles. The molecule has 124 valence electrons. The molecule has 25 heavy (non-hydrogen) atoms. The van der Waals surface area contributed by atoms with Crippen LogP contribution >= 0.6 is 11.3 Å². The average molecular weight is 348 g/mol. The fourth-order valence-electron chi connectivity index (χ4n) is 2.74. The minimum absolute atomic E-state index is 0.170. The van der Waals surface area contributed by atoms with Crippen LogP contribution < -0.4 is 5.32 Å². The molecule has 0 radical (unpaired) electrons. The molecule has 4 rings (SSSR count). The molecule has 2 aromatic heterocycles. The van der Waals surface area contributed by atoms with E-state index in [1.54, 1.807) is 10.7 Å². The monoisotopic (exact) mass is 348 g/mol. The number of fused-ring (bicyclic) bond motifs is 1. The van der Waals surface area contributed by atoms with Gasteiger partial charge in [0.1, 0.15) is 10.7 Å². The van der Waals surface area contributed by atoms with Gasteiger partial charge in [-0.3, -0.25) is 4.79 Å². The third kappa shape index (κ3) is 3.04. The van der Waals surface area contributed by atoms with Crippen LogP contribution in [0, 0.1) is 6.92 Å². The fourth-order valence-corrected chi connectivity index (χ4v) is 3.59. The number of imidazole rings is 1. The molecule has 0 unspecified atom stereocenters. The van der Waals surface area contributed by atoms with Crippen LogP contribution in [0.25, 0.3) is 16.0 Å². The van der Waals surface area contributed by atoms with Gasteiger partial charge in [-0.2, -0.15) is 0 Å². The number of aromatic nitrogens is 3. The Morgan fingerprint density at radius 1 is 1.12 bits per heavy atom. The van der Waals surface area contributed by atoms with Crippen molar-refractivity contribution in [2.75, 3.05) is 0 Å². The van der Waals surface area contributed by atoms with E-state index in [2.05, 4.69) is 33.6 Å². The summed E-state index contributed by atoms with van der Waals surface area (Å²) < 4.78 is 1.69. The number of benzene rings is 2. The molecule has 6 heteroatoms. The van der Waals surface area contributed by atoms with E-state index in [1.165, 1.54) is 11.3 Å². The van der Waals surface area contributed by atoms with Crippen molar-refractivity contribution >= 4 is 22.1 Å². The highest BCUT2D eigenvalue weighted by atomic mass is 32.1. The molecule has 1 N–H and O–H groups in total. The number of carbonyl (C=O) groups excluding carboxylic acids is 1. The summed E-state index contributed by atoms with van der Waals surface area (Å²) in [6.45, 7) is 2.32. The van der Waals surface area contributed by atoms with E-state index in [-0.39, 0.29) is 5.91 Å². The van der Waals surface area contributed by atoms with E-state index in [0.29, 0.717) is 11.6 Å². The SMILES string of the molecule is Cc1ncc2sc(C(=O)NCc3ccccc3-c3ccccc3)nn12. The van der Waals surface area contributed by atoms with Crippen molar-refractivity contribution in [3.05, 3.63) is 77.2 Å². The number of hydrogen-bond acceptors (Lipinski definition) is 4. The van der Waals surface area contributed by atoms with E-state index < -0.39 is 0 Å². The summed E-state index contributed by atoms with van der Waals surface area (Å²) in [5.74, 6) is 0.607. The molecule has 5 nitrogen and oxygen atoms in total. The van der Waals surface area contributed by atoms with Crippen molar-refractivity contribution in [1.82, 2.24) is 19.9 Å². The highest BCUT2D eigenvalue weighted by molar-refractivity contribution is 7.18. The number of hydrogen-bond donors (Lipinski definition) is 1. The first-order valence-corrected chi connectivity index (χ1v) is 8.77. The van der Waals surface area contributed by atoms with Crippen molar-refractivity contribution in [2.45, 2.75) is 13.5 Å². The number of aryl methyl sites for hydroxylation is 1. The Kier molecular flexibility index (Phi) is 4.03. The molecular weight excluding hydrogens is 332 g/mol. The first-order valence-electron chi connectivity index (χ1n) is 7.95. The minimum atomic E-state index is -0.170. The number of nitrogens with one attached hydrogen (secondary N) is 1. The van der Waals surface area contributed by atoms with Gasteiger partial charge in [0, 0.05) is 6.54 Å². The van der Waals surface area contributed by atoms with E-state index in [0.717, 1.165) is 27.3 Å². The molecule has 0 aliphatic carbocycles. The molecule has 0 bridgehead atoms. The van der Waals surface area contributed by atoms with Crippen molar-refractivity contribution in [2.24, 2.45) is 0 Å². The molecule has 2 heterocycles. The summed E-state index contributed by atoms with van der Waals surface area (Å²) in [6, 6.07) is 18.3. The van der Waals surface area contributed by atoms with Gasteiger partial charge in [0.2, 0.25) is 5.01 Å². The van der Waals surface area contributed by atoms with Crippen LogP contribution in [0.2, 0.25) is 0 Å². The second-order valence-corrected chi connectivity index (χ2v) is 6.68. The largest absolute Gasteiger partial charge is 0.346 e. The Morgan fingerprint density at radius 3 is 2.68 bits per heavy atom. The lowest BCUT2D eigenvalue weighted by atomic mass is 10.00. The summed E-state index contributed by atoms with van der Waals surface area (Å²) in [6.07, 6.45) is 1.73. The van der Waals surface area contributed by atoms with Gasteiger partial charge < -0.3 is 5.32 Å². The Labute approximate surface area is 149 Å². The van der Waals surface area contributed by atoms with Crippen LogP contribution in [0.5, 0.6) is 0 Å². The Balaban J connectivity index is 1.54. The number of carbonyl (C=O) groups is 1. The van der Waals surface area contributed by atoms with E-state index in [4.69, 9.17) is 0 Å². The molecule has 0 aliphatic rings. The number of amides is 1. The predicted molar refractivity (Wildman–Crippen MR) is 98.6 cm³/mol. The van der Waals surface area contributed by atoms with Crippen LogP contribution in [0.4, 0.5) is 0 Å². The molecule has 0 atom stereocenters.